The fraction of sp³-hybridized carbons (Fsp3) is 0.600. The number of non-ortho nitro benzene ring substituents is 1. The molecule has 2 rings (SSSR count). The van der Waals surface area contributed by atoms with E-state index in [0.717, 1.165) is 31.7 Å². The molecule has 0 aliphatic carbocycles. The first-order valence-corrected chi connectivity index (χ1v) is 7.56. The molecule has 0 radical (unpaired) electrons. The second-order valence-electron chi connectivity index (χ2n) is 5.41. The van der Waals surface area contributed by atoms with Gasteiger partial charge in [0.15, 0.2) is 0 Å². The van der Waals surface area contributed by atoms with Crippen LogP contribution in [0.1, 0.15) is 26.2 Å². The average Bonchev–Trinajstić information content (AvgIpc) is 2.51. The van der Waals surface area contributed by atoms with E-state index in [9.17, 15) is 10.1 Å². The van der Waals surface area contributed by atoms with E-state index in [0.29, 0.717) is 18.3 Å². The summed E-state index contributed by atoms with van der Waals surface area (Å²) in [6.07, 6.45) is 3.25. The van der Waals surface area contributed by atoms with Gasteiger partial charge in [0.05, 0.1) is 17.6 Å². The smallest absolute Gasteiger partial charge is 0.275 e. The molecular formula is C15H23N3O3. The van der Waals surface area contributed by atoms with Crippen LogP contribution in [-0.2, 0) is 0 Å². The molecule has 0 amide bonds. The zero-order valence-corrected chi connectivity index (χ0v) is 12.4. The summed E-state index contributed by atoms with van der Waals surface area (Å²) in [7, 11) is 0. The van der Waals surface area contributed by atoms with E-state index in [4.69, 9.17) is 4.74 Å². The van der Waals surface area contributed by atoms with Crippen molar-refractivity contribution in [1.29, 1.82) is 0 Å². The Kier molecular flexibility index (Phi) is 5.80. The van der Waals surface area contributed by atoms with Gasteiger partial charge in [0.25, 0.3) is 5.69 Å². The fourth-order valence-electron chi connectivity index (χ4n) is 2.45. The monoisotopic (exact) mass is 293 g/mol. The molecule has 2 N–H and O–H groups in total. The van der Waals surface area contributed by atoms with Crippen molar-refractivity contribution in [2.24, 2.45) is 5.92 Å². The number of piperidine rings is 1. The second-order valence-corrected chi connectivity index (χ2v) is 5.41. The number of hydrogen-bond acceptors (Lipinski definition) is 5. The van der Waals surface area contributed by atoms with E-state index in [1.54, 1.807) is 6.07 Å². The van der Waals surface area contributed by atoms with Crippen molar-refractivity contribution in [3.8, 4) is 5.75 Å². The fourth-order valence-corrected chi connectivity index (χ4v) is 2.45. The number of nitro groups is 1. The van der Waals surface area contributed by atoms with Crippen LogP contribution in [-0.4, -0.2) is 31.2 Å². The molecule has 116 valence electrons. The highest BCUT2D eigenvalue weighted by atomic mass is 16.6. The Labute approximate surface area is 125 Å². The Morgan fingerprint density at radius 1 is 1.48 bits per heavy atom. The largest absolute Gasteiger partial charge is 0.493 e. The predicted octanol–water partition coefficient (Wildman–Crippen LogP) is 2.80. The maximum Gasteiger partial charge on any atom is 0.275 e. The minimum absolute atomic E-state index is 0.0628. The Morgan fingerprint density at radius 2 is 2.33 bits per heavy atom. The minimum Gasteiger partial charge on any atom is -0.493 e. The zero-order chi connectivity index (χ0) is 15.1. The molecule has 0 spiro atoms. The van der Waals surface area contributed by atoms with Crippen molar-refractivity contribution in [3.63, 3.8) is 0 Å². The van der Waals surface area contributed by atoms with Gasteiger partial charge >= 0.3 is 0 Å². The van der Waals surface area contributed by atoms with Crippen LogP contribution in [0.3, 0.4) is 0 Å². The first-order valence-electron chi connectivity index (χ1n) is 7.56. The van der Waals surface area contributed by atoms with Gasteiger partial charge in [0, 0.05) is 24.4 Å². The highest BCUT2D eigenvalue weighted by Crippen LogP contribution is 2.26. The van der Waals surface area contributed by atoms with Crippen molar-refractivity contribution in [1.82, 2.24) is 5.32 Å². The topological polar surface area (TPSA) is 76.4 Å². The lowest BCUT2D eigenvalue weighted by Gasteiger charge is -2.23. The predicted molar refractivity (Wildman–Crippen MR) is 83.0 cm³/mol. The lowest BCUT2D eigenvalue weighted by molar-refractivity contribution is -0.384. The highest BCUT2D eigenvalue weighted by molar-refractivity contribution is 5.56. The Hall–Kier alpha value is -1.82. The molecule has 1 atom stereocenters. The van der Waals surface area contributed by atoms with Crippen LogP contribution < -0.4 is 15.4 Å². The van der Waals surface area contributed by atoms with Gasteiger partial charge in [0.1, 0.15) is 5.75 Å². The molecule has 1 unspecified atom stereocenters. The van der Waals surface area contributed by atoms with E-state index in [2.05, 4.69) is 10.6 Å². The average molecular weight is 293 g/mol. The van der Waals surface area contributed by atoms with Crippen LogP contribution in [0.25, 0.3) is 0 Å². The van der Waals surface area contributed by atoms with E-state index in [1.807, 2.05) is 13.0 Å². The Morgan fingerprint density at radius 3 is 3.00 bits per heavy atom. The van der Waals surface area contributed by atoms with Crippen molar-refractivity contribution < 1.29 is 9.66 Å². The first kappa shape index (κ1) is 15.6. The summed E-state index contributed by atoms with van der Waals surface area (Å²) in [4.78, 5) is 10.6. The van der Waals surface area contributed by atoms with Crippen molar-refractivity contribution in [3.05, 3.63) is 28.3 Å². The van der Waals surface area contributed by atoms with Crippen LogP contribution in [0.5, 0.6) is 5.75 Å². The molecule has 1 aromatic carbocycles. The summed E-state index contributed by atoms with van der Waals surface area (Å²) < 4.78 is 5.52. The standard InChI is InChI=1S/C15H23N3O3/c1-2-6-21-15-8-13(7-14(9-15)18(19)20)17-11-12-4-3-5-16-10-12/h7-9,12,16-17H,2-6,10-11H2,1H3. The number of nitrogens with zero attached hydrogens (tertiary/aromatic N) is 1. The third-order valence-electron chi connectivity index (χ3n) is 3.57. The number of anilines is 1. The SMILES string of the molecule is CCCOc1cc(NCC2CCCNC2)cc([N+](=O)[O-])c1. The molecule has 1 saturated heterocycles. The van der Waals surface area contributed by atoms with Crippen molar-refractivity contribution in [2.75, 3.05) is 31.6 Å². The number of nitro benzene ring substituents is 1. The summed E-state index contributed by atoms with van der Waals surface area (Å²) in [6, 6.07) is 4.87. The summed E-state index contributed by atoms with van der Waals surface area (Å²) in [5, 5.41) is 17.7. The van der Waals surface area contributed by atoms with Gasteiger partial charge in [-0.1, -0.05) is 6.92 Å². The summed E-state index contributed by atoms with van der Waals surface area (Å²) in [5.74, 6) is 1.12. The van der Waals surface area contributed by atoms with Crippen molar-refractivity contribution in [2.45, 2.75) is 26.2 Å². The quantitative estimate of drug-likeness (QED) is 0.597. The number of hydrogen-bond donors (Lipinski definition) is 2. The molecule has 1 fully saturated rings. The molecule has 1 aromatic rings. The van der Waals surface area contributed by atoms with E-state index in [-0.39, 0.29) is 10.6 Å². The van der Waals surface area contributed by atoms with Crippen molar-refractivity contribution >= 4 is 11.4 Å². The van der Waals surface area contributed by atoms with Gasteiger partial charge in [0.2, 0.25) is 0 Å². The van der Waals surface area contributed by atoms with Crippen LogP contribution in [0, 0.1) is 16.0 Å². The number of nitrogens with one attached hydrogen (secondary N) is 2. The van der Waals surface area contributed by atoms with Gasteiger partial charge in [-0.3, -0.25) is 10.1 Å². The summed E-state index contributed by atoms with van der Waals surface area (Å²) in [5.41, 5.74) is 0.814. The van der Waals surface area contributed by atoms with E-state index >= 15 is 0 Å². The normalized spacial score (nSPS) is 18.2. The van der Waals surface area contributed by atoms with Crippen LogP contribution in [0.15, 0.2) is 18.2 Å². The van der Waals surface area contributed by atoms with Crippen LogP contribution in [0.2, 0.25) is 0 Å². The molecule has 6 nitrogen and oxygen atoms in total. The third-order valence-corrected chi connectivity index (χ3v) is 3.57. The van der Waals surface area contributed by atoms with Crippen LogP contribution in [0.4, 0.5) is 11.4 Å². The Bertz CT molecular complexity index is 473. The lowest BCUT2D eigenvalue weighted by Crippen LogP contribution is -2.33. The maximum atomic E-state index is 11.0. The second kappa shape index (κ2) is 7.83. The lowest BCUT2D eigenvalue weighted by atomic mass is 10.00. The highest BCUT2D eigenvalue weighted by Gasteiger charge is 2.14. The van der Waals surface area contributed by atoms with Gasteiger partial charge in [-0.25, -0.2) is 0 Å². The van der Waals surface area contributed by atoms with Gasteiger partial charge in [-0.05, 0) is 38.3 Å². The number of rotatable bonds is 7. The number of ether oxygens (including phenoxy) is 1. The maximum absolute atomic E-state index is 11.0. The minimum atomic E-state index is -0.383. The molecule has 21 heavy (non-hydrogen) atoms. The molecule has 6 heteroatoms. The third kappa shape index (κ3) is 4.90. The zero-order valence-electron chi connectivity index (χ0n) is 12.4. The van der Waals surface area contributed by atoms with E-state index < -0.39 is 0 Å². The molecule has 1 aliphatic heterocycles. The first-order chi connectivity index (χ1) is 10.2. The Balaban J connectivity index is 2.02. The van der Waals surface area contributed by atoms with E-state index in [1.165, 1.54) is 18.9 Å². The van der Waals surface area contributed by atoms with Gasteiger partial charge in [-0.2, -0.15) is 0 Å². The molecule has 1 heterocycles. The summed E-state index contributed by atoms with van der Waals surface area (Å²) >= 11 is 0. The van der Waals surface area contributed by atoms with Gasteiger partial charge < -0.3 is 15.4 Å². The molecule has 0 aromatic heterocycles. The van der Waals surface area contributed by atoms with Gasteiger partial charge in [-0.15, -0.1) is 0 Å². The number of benzene rings is 1. The molecule has 0 saturated carbocycles. The molecular weight excluding hydrogens is 270 g/mol. The van der Waals surface area contributed by atoms with Crippen LogP contribution >= 0.6 is 0 Å². The summed E-state index contributed by atoms with van der Waals surface area (Å²) in [6.45, 7) is 5.48. The molecule has 0 bridgehead atoms. The molecule has 1 aliphatic rings.